The van der Waals surface area contributed by atoms with Crippen LogP contribution >= 0.6 is 0 Å². The van der Waals surface area contributed by atoms with E-state index in [0.717, 1.165) is 42.5 Å². The summed E-state index contributed by atoms with van der Waals surface area (Å²) in [5.41, 5.74) is 0.116. The molecule has 206 valence electrons. The summed E-state index contributed by atoms with van der Waals surface area (Å²) < 4.78 is 16.0. The number of carbonyl (C=O) groups excluding carboxylic acids is 3. The van der Waals surface area contributed by atoms with Gasteiger partial charge in [-0.1, -0.05) is 114 Å². The molecule has 0 saturated heterocycles. The van der Waals surface area contributed by atoms with E-state index in [4.69, 9.17) is 13.9 Å². The Kier molecular flexibility index (Phi) is 12.0. The van der Waals surface area contributed by atoms with Gasteiger partial charge in [0.15, 0.2) is 0 Å². The van der Waals surface area contributed by atoms with E-state index >= 15 is 0 Å². The third-order valence-corrected chi connectivity index (χ3v) is 11.9. The summed E-state index contributed by atoms with van der Waals surface area (Å²) in [4.78, 5) is 37.1. The van der Waals surface area contributed by atoms with Gasteiger partial charge in [-0.3, -0.25) is 9.59 Å². The highest BCUT2D eigenvalue weighted by atomic mass is 28.4. The molecule has 0 N–H and O–H groups in total. The molecule has 0 unspecified atom stereocenters. The maximum absolute atomic E-state index is 13.2. The molecule has 0 heterocycles. The Balaban J connectivity index is 1.96. The van der Waals surface area contributed by atoms with Gasteiger partial charge in [0.25, 0.3) is 5.97 Å². The minimum absolute atomic E-state index is 0.116. The van der Waals surface area contributed by atoms with E-state index in [-0.39, 0.29) is 16.6 Å². The van der Waals surface area contributed by atoms with Gasteiger partial charge in [-0.05, 0) is 28.3 Å². The minimum Gasteiger partial charge on any atom is -0.510 e. The van der Waals surface area contributed by atoms with Gasteiger partial charge in [0.1, 0.15) is 0 Å². The first-order chi connectivity index (χ1) is 18.1. The van der Waals surface area contributed by atoms with Crippen LogP contribution in [0, 0.1) is 5.92 Å². The Labute approximate surface area is 228 Å². The van der Waals surface area contributed by atoms with Crippen molar-refractivity contribution in [2.75, 3.05) is 14.2 Å². The lowest BCUT2D eigenvalue weighted by molar-refractivity contribution is -0.147. The van der Waals surface area contributed by atoms with Crippen LogP contribution in [0.15, 0.2) is 72.8 Å². The molecule has 38 heavy (non-hydrogen) atoms. The predicted octanol–water partition coefficient (Wildman–Crippen LogP) is 5.34. The van der Waals surface area contributed by atoms with Crippen LogP contribution in [0.25, 0.3) is 0 Å². The van der Waals surface area contributed by atoms with Crippen LogP contribution in [0.4, 0.5) is 0 Å². The molecular formula is C31H42O6Si. The molecule has 0 aliphatic carbocycles. The fourth-order valence-electron chi connectivity index (χ4n) is 4.87. The van der Waals surface area contributed by atoms with Crippen LogP contribution in [0.1, 0.15) is 65.7 Å². The van der Waals surface area contributed by atoms with Crippen LogP contribution in [-0.2, 0) is 28.3 Å². The largest absolute Gasteiger partial charge is 0.510 e. The summed E-state index contributed by atoms with van der Waals surface area (Å²) >= 11 is 0. The van der Waals surface area contributed by atoms with Crippen molar-refractivity contribution in [1.29, 1.82) is 0 Å². The first-order valence-electron chi connectivity index (χ1n) is 13.3. The van der Waals surface area contributed by atoms with Crippen LogP contribution in [0.3, 0.4) is 0 Å². The van der Waals surface area contributed by atoms with Crippen molar-refractivity contribution in [2.24, 2.45) is 5.92 Å². The van der Waals surface area contributed by atoms with E-state index in [2.05, 4.69) is 51.6 Å². The predicted molar refractivity (Wildman–Crippen MR) is 153 cm³/mol. The molecule has 0 aliphatic rings. The summed E-state index contributed by atoms with van der Waals surface area (Å²) in [6, 6.07) is 20.3. The molecule has 6 nitrogen and oxygen atoms in total. The lowest BCUT2D eigenvalue weighted by Crippen LogP contribution is -2.67. The van der Waals surface area contributed by atoms with Gasteiger partial charge < -0.3 is 13.9 Å². The molecule has 0 radical (unpaired) electrons. The Morgan fingerprint density at radius 3 is 1.76 bits per heavy atom. The monoisotopic (exact) mass is 538 g/mol. The summed E-state index contributed by atoms with van der Waals surface area (Å²) in [6.45, 7) is 10.2. The van der Waals surface area contributed by atoms with Crippen molar-refractivity contribution >= 4 is 36.6 Å². The van der Waals surface area contributed by atoms with Crippen LogP contribution < -0.4 is 10.4 Å². The van der Waals surface area contributed by atoms with Gasteiger partial charge >= 0.3 is 20.3 Å². The van der Waals surface area contributed by atoms with Crippen molar-refractivity contribution in [3.8, 4) is 0 Å². The van der Waals surface area contributed by atoms with Crippen LogP contribution in [0.5, 0.6) is 0 Å². The number of methoxy groups -OCH3 is 2. The molecule has 0 spiro atoms. The Morgan fingerprint density at radius 1 is 0.789 bits per heavy atom. The average Bonchev–Trinajstić information content (AvgIpc) is 2.92. The van der Waals surface area contributed by atoms with Crippen LogP contribution in [0.2, 0.25) is 5.04 Å². The maximum atomic E-state index is 13.2. The Morgan fingerprint density at radius 2 is 1.29 bits per heavy atom. The molecule has 0 bridgehead atoms. The number of benzene rings is 2. The molecule has 0 aromatic heterocycles. The zero-order chi connectivity index (χ0) is 28.2. The quantitative estimate of drug-likeness (QED) is 0.140. The normalized spacial score (nSPS) is 12.3. The zero-order valence-electron chi connectivity index (χ0n) is 23.5. The Bertz CT molecular complexity index is 1020. The number of hydrogen-bond acceptors (Lipinski definition) is 6. The molecule has 2 aromatic carbocycles. The molecule has 7 heteroatoms. The Hall–Kier alpha value is -3.19. The lowest BCUT2D eigenvalue weighted by Gasteiger charge is -2.42. The average molecular weight is 539 g/mol. The number of esters is 2. The highest BCUT2D eigenvalue weighted by Gasteiger charge is 2.52. The van der Waals surface area contributed by atoms with Crippen molar-refractivity contribution < 1.29 is 28.3 Å². The minimum atomic E-state index is -2.88. The maximum Gasteiger partial charge on any atom is 0.334 e. The van der Waals surface area contributed by atoms with Gasteiger partial charge in [0.05, 0.1) is 20.1 Å². The standard InChI is InChI=1S/C31H42O6Si/c1-24(29(33)35-5)27(30(34)36-6)22-16-8-7-9-17-23-28(32)37-38(31(2,3)4,25-18-12-10-13-19-25)26-20-14-11-15-21-26/h10-15,18-21,27H,1,7-9,16-17,22-23H2,2-6H3/t27-/m1/s1. The smallest absolute Gasteiger partial charge is 0.334 e. The lowest BCUT2D eigenvalue weighted by atomic mass is 9.93. The summed E-state index contributed by atoms with van der Waals surface area (Å²) in [6.07, 6.45) is 4.94. The zero-order valence-corrected chi connectivity index (χ0v) is 24.5. The first kappa shape index (κ1) is 31.0. The van der Waals surface area contributed by atoms with E-state index in [1.54, 1.807) is 0 Å². The SMILES string of the molecule is C=C(C(=O)OC)[C@@H](CCCCCCCC(=O)O[Si](c1ccccc1)(c1ccccc1)C(C)(C)C)C(=O)OC. The number of carbonyl (C=O) groups is 3. The van der Waals surface area contributed by atoms with E-state index < -0.39 is 26.2 Å². The second-order valence-corrected chi connectivity index (χ2v) is 14.8. The fourth-order valence-corrected chi connectivity index (χ4v) is 9.24. The van der Waals surface area contributed by atoms with Gasteiger partial charge in [-0.15, -0.1) is 0 Å². The first-order valence-corrected chi connectivity index (χ1v) is 15.2. The van der Waals surface area contributed by atoms with Crippen molar-refractivity contribution in [3.63, 3.8) is 0 Å². The van der Waals surface area contributed by atoms with Gasteiger partial charge in [0, 0.05) is 12.0 Å². The van der Waals surface area contributed by atoms with E-state index in [9.17, 15) is 14.4 Å². The molecule has 0 saturated carbocycles. The number of rotatable bonds is 14. The second kappa shape index (κ2) is 14.7. The molecule has 2 rings (SSSR count). The van der Waals surface area contributed by atoms with Crippen molar-refractivity contribution in [3.05, 3.63) is 72.8 Å². The number of hydrogen-bond donors (Lipinski definition) is 0. The van der Waals surface area contributed by atoms with Crippen molar-refractivity contribution in [1.82, 2.24) is 0 Å². The topological polar surface area (TPSA) is 78.9 Å². The van der Waals surface area contributed by atoms with Gasteiger partial charge in [-0.25, -0.2) is 4.79 Å². The summed E-state index contributed by atoms with van der Waals surface area (Å²) in [5.74, 6) is -1.94. The van der Waals surface area contributed by atoms with Gasteiger partial charge in [0.2, 0.25) is 0 Å². The highest BCUT2D eigenvalue weighted by molar-refractivity contribution is 7.00. The molecule has 0 amide bonds. The van der Waals surface area contributed by atoms with E-state index in [1.165, 1.54) is 14.2 Å². The molecular weight excluding hydrogens is 496 g/mol. The van der Waals surface area contributed by atoms with Crippen LogP contribution in [-0.4, -0.2) is 40.4 Å². The van der Waals surface area contributed by atoms with Crippen molar-refractivity contribution in [2.45, 2.75) is 70.8 Å². The van der Waals surface area contributed by atoms with E-state index in [0.29, 0.717) is 12.8 Å². The second-order valence-electron chi connectivity index (χ2n) is 10.5. The fraction of sp³-hybridized carbons (Fsp3) is 0.452. The van der Waals surface area contributed by atoms with Gasteiger partial charge in [-0.2, -0.15) is 0 Å². The third-order valence-electron chi connectivity index (χ3n) is 6.91. The number of ether oxygens (including phenoxy) is 2. The molecule has 0 aliphatic heterocycles. The summed E-state index contributed by atoms with van der Waals surface area (Å²) in [7, 11) is -0.321. The molecule has 2 aromatic rings. The molecule has 1 atom stereocenters. The number of unbranched alkanes of at least 4 members (excludes halogenated alkanes) is 4. The highest BCUT2D eigenvalue weighted by Crippen LogP contribution is 2.37. The summed E-state index contributed by atoms with van der Waals surface area (Å²) in [5, 5.41) is 1.91. The third kappa shape index (κ3) is 7.90. The molecule has 0 fully saturated rings. The van der Waals surface area contributed by atoms with E-state index in [1.807, 2.05) is 36.4 Å².